The summed E-state index contributed by atoms with van der Waals surface area (Å²) in [6.45, 7) is 0.391. The van der Waals surface area contributed by atoms with Crippen molar-refractivity contribution in [3.05, 3.63) is 104 Å². The van der Waals surface area contributed by atoms with Crippen molar-refractivity contribution in [3.63, 3.8) is 0 Å². The SMILES string of the molecule is O=NC(c1ccccc1)c1ccc(CNc2c(Cl)ccc3c2CCN(C(=O)C(F)(F)F)CC3)cc1. The summed E-state index contributed by atoms with van der Waals surface area (Å²) in [5.41, 5.74) is 4.86. The number of nitroso groups, excluding NO2 is 1. The molecule has 0 radical (unpaired) electrons. The maximum absolute atomic E-state index is 12.9. The molecule has 3 aromatic carbocycles. The maximum Gasteiger partial charge on any atom is 0.471 e. The highest BCUT2D eigenvalue weighted by atomic mass is 35.5. The molecule has 0 aliphatic carbocycles. The van der Waals surface area contributed by atoms with E-state index < -0.39 is 18.1 Å². The van der Waals surface area contributed by atoms with Crippen LogP contribution in [0.4, 0.5) is 18.9 Å². The molecule has 5 nitrogen and oxygen atoms in total. The van der Waals surface area contributed by atoms with Crippen LogP contribution in [0.25, 0.3) is 0 Å². The number of halogens is 4. The summed E-state index contributed by atoms with van der Waals surface area (Å²) in [4.78, 5) is 24.0. The van der Waals surface area contributed by atoms with Gasteiger partial charge in [0.15, 0.2) is 0 Å². The van der Waals surface area contributed by atoms with Crippen molar-refractivity contribution in [3.8, 4) is 0 Å². The van der Waals surface area contributed by atoms with Crippen molar-refractivity contribution in [2.24, 2.45) is 5.18 Å². The van der Waals surface area contributed by atoms with Crippen LogP contribution in [-0.2, 0) is 24.2 Å². The second kappa shape index (κ2) is 10.5. The van der Waals surface area contributed by atoms with Crippen LogP contribution in [0.15, 0.2) is 71.9 Å². The van der Waals surface area contributed by atoms with Crippen LogP contribution in [0, 0.1) is 4.91 Å². The van der Waals surface area contributed by atoms with Gasteiger partial charge in [-0.3, -0.25) is 4.79 Å². The number of benzene rings is 3. The Balaban J connectivity index is 1.48. The fourth-order valence-electron chi connectivity index (χ4n) is 4.33. The average molecular weight is 502 g/mol. The Morgan fingerprint density at radius 1 is 0.971 bits per heavy atom. The zero-order chi connectivity index (χ0) is 25.0. The van der Waals surface area contributed by atoms with Crippen molar-refractivity contribution in [2.45, 2.75) is 31.6 Å². The van der Waals surface area contributed by atoms with Crippen LogP contribution in [0.5, 0.6) is 0 Å². The van der Waals surface area contributed by atoms with E-state index in [9.17, 15) is 22.9 Å². The van der Waals surface area contributed by atoms with Gasteiger partial charge in [-0.15, -0.1) is 4.91 Å². The van der Waals surface area contributed by atoms with E-state index >= 15 is 0 Å². The zero-order valence-electron chi connectivity index (χ0n) is 18.7. The van der Waals surface area contributed by atoms with Gasteiger partial charge in [-0.25, -0.2) is 0 Å². The zero-order valence-corrected chi connectivity index (χ0v) is 19.4. The van der Waals surface area contributed by atoms with Crippen molar-refractivity contribution in [1.82, 2.24) is 4.90 Å². The van der Waals surface area contributed by atoms with Gasteiger partial charge >= 0.3 is 12.1 Å². The quantitative estimate of drug-likeness (QED) is 0.403. The van der Waals surface area contributed by atoms with Gasteiger partial charge in [0.1, 0.15) is 6.04 Å². The molecular weight excluding hydrogens is 479 g/mol. The van der Waals surface area contributed by atoms with Crippen molar-refractivity contribution < 1.29 is 18.0 Å². The highest BCUT2D eigenvalue weighted by molar-refractivity contribution is 6.33. The summed E-state index contributed by atoms with van der Waals surface area (Å²) in [5, 5.41) is 7.05. The lowest BCUT2D eigenvalue weighted by atomic mass is 9.98. The molecule has 35 heavy (non-hydrogen) atoms. The third kappa shape index (κ3) is 5.65. The third-order valence-corrected chi connectivity index (χ3v) is 6.47. The number of amides is 1. The number of carbonyl (C=O) groups excluding carboxylic acids is 1. The summed E-state index contributed by atoms with van der Waals surface area (Å²) in [6.07, 6.45) is -4.31. The molecule has 9 heteroatoms. The van der Waals surface area contributed by atoms with Gasteiger partial charge in [-0.2, -0.15) is 13.2 Å². The van der Waals surface area contributed by atoms with Gasteiger partial charge in [0.25, 0.3) is 0 Å². The second-order valence-corrected chi connectivity index (χ2v) is 8.77. The summed E-state index contributed by atoms with van der Waals surface area (Å²) in [7, 11) is 0. The van der Waals surface area contributed by atoms with Gasteiger partial charge in [0.2, 0.25) is 0 Å². The first kappa shape index (κ1) is 24.7. The van der Waals surface area contributed by atoms with Crippen molar-refractivity contribution >= 4 is 23.2 Å². The third-order valence-electron chi connectivity index (χ3n) is 6.16. The number of anilines is 1. The van der Waals surface area contributed by atoms with E-state index in [1.165, 1.54) is 0 Å². The number of rotatable bonds is 6. The Kier molecular flexibility index (Phi) is 7.40. The van der Waals surface area contributed by atoms with E-state index in [0.717, 1.165) is 32.7 Å². The fourth-order valence-corrected chi connectivity index (χ4v) is 4.57. The Morgan fingerprint density at radius 3 is 2.29 bits per heavy atom. The molecule has 0 saturated carbocycles. The standard InChI is InChI=1S/C26H23ClF3N3O2/c27-22-11-10-18-12-14-33(25(34)26(28,29)30)15-13-21(18)24(22)31-16-17-6-8-20(9-7-17)23(32-35)19-4-2-1-3-5-19/h1-11,23,31H,12-16H2. The van der Waals surface area contributed by atoms with Crippen LogP contribution >= 0.6 is 11.6 Å². The van der Waals surface area contributed by atoms with E-state index in [1.54, 1.807) is 12.1 Å². The normalized spacial score (nSPS) is 14.6. The van der Waals surface area contributed by atoms with E-state index in [2.05, 4.69) is 10.5 Å². The molecule has 182 valence electrons. The average Bonchev–Trinajstić information content (AvgIpc) is 3.07. The first-order valence-corrected chi connectivity index (χ1v) is 11.5. The molecule has 0 aromatic heterocycles. The molecule has 0 fully saturated rings. The number of nitrogens with zero attached hydrogens (tertiary/aromatic N) is 2. The van der Waals surface area contributed by atoms with Gasteiger partial charge in [-0.1, -0.05) is 77.4 Å². The lowest BCUT2D eigenvalue weighted by Gasteiger charge is -2.21. The number of fused-ring (bicyclic) bond motifs is 1. The molecular formula is C26H23ClF3N3O2. The van der Waals surface area contributed by atoms with Gasteiger partial charge in [0.05, 0.1) is 10.7 Å². The molecule has 1 amide bonds. The minimum atomic E-state index is -4.89. The molecule has 1 aliphatic rings. The van der Waals surface area contributed by atoms with E-state index in [0.29, 0.717) is 23.7 Å². The minimum Gasteiger partial charge on any atom is -0.380 e. The van der Waals surface area contributed by atoms with E-state index in [4.69, 9.17) is 11.6 Å². The van der Waals surface area contributed by atoms with Crippen LogP contribution < -0.4 is 5.32 Å². The summed E-state index contributed by atoms with van der Waals surface area (Å²) >= 11 is 6.44. The highest BCUT2D eigenvalue weighted by Crippen LogP contribution is 2.33. The predicted molar refractivity (Wildman–Crippen MR) is 129 cm³/mol. The number of alkyl halides is 3. The van der Waals surface area contributed by atoms with Crippen LogP contribution in [0.2, 0.25) is 5.02 Å². The number of hydrogen-bond donors (Lipinski definition) is 1. The van der Waals surface area contributed by atoms with E-state index in [-0.39, 0.29) is 19.5 Å². The molecule has 1 unspecified atom stereocenters. The molecule has 0 saturated heterocycles. The summed E-state index contributed by atoms with van der Waals surface area (Å²) in [6, 6.07) is 19.7. The molecule has 1 aliphatic heterocycles. The second-order valence-electron chi connectivity index (χ2n) is 8.36. The molecule has 0 spiro atoms. The Bertz CT molecular complexity index is 1200. The number of hydrogen-bond acceptors (Lipinski definition) is 4. The topological polar surface area (TPSA) is 61.8 Å². The summed E-state index contributed by atoms with van der Waals surface area (Å²) < 4.78 is 38.7. The van der Waals surface area contributed by atoms with E-state index in [1.807, 2.05) is 54.6 Å². The Hall–Kier alpha value is -3.39. The smallest absolute Gasteiger partial charge is 0.380 e. The lowest BCUT2D eigenvalue weighted by Crippen LogP contribution is -2.42. The minimum absolute atomic E-state index is 0.00122. The fraction of sp³-hybridized carbons (Fsp3) is 0.269. The van der Waals surface area contributed by atoms with Crippen molar-refractivity contribution in [1.29, 1.82) is 0 Å². The van der Waals surface area contributed by atoms with Gasteiger partial charge in [0, 0.05) is 19.6 Å². The maximum atomic E-state index is 12.9. The van der Waals surface area contributed by atoms with Gasteiger partial charge < -0.3 is 10.2 Å². The monoisotopic (exact) mass is 501 g/mol. The molecule has 1 N–H and O–H groups in total. The summed E-state index contributed by atoms with van der Waals surface area (Å²) in [5.74, 6) is -1.82. The van der Waals surface area contributed by atoms with Crippen LogP contribution in [-0.4, -0.2) is 30.1 Å². The largest absolute Gasteiger partial charge is 0.471 e. The Labute approximate surface area is 205 Å². The number of carbonyl (C=O) groups is 1. The number of nitrogens with one attached hydrogen (secondary N) is 1. The molecule has 0 bridgehead atoms. The molecule has 3 aromatic rings. The first-order chi connectivity index (χ1) is 16.8. The molecule has 4 rings (SSSR count). The first-order valence-electron chi connectivity index (χ1n) is 11.1. The van der Waals surface area contributed by atoms with Crippen molar-refractivity contribution in [2.75, 3.05) is 18.4 Å². The van der Waals surface area contributed by atoms with Crippen LogP contribution in [0.3, 0.4) is 0 Å². The predicted octanol–water partition coefficient (Wildman–Crippen LogP) is 6.30. The lowest BCUT2D eigenvalue weighted by molar-refractivity contribution is -0.185. The highest BCUT2D eigenvalue weighted by Gasteiger charge is 2.42. The van der Waals surface area contributed by atoms with Crippen LogP contribution in [0.1, 0.15) is 33.9 Å². The Morgan fingerprint density at radius 2 is 1.63 bits per heavy atom. The molecule has 1 atom stereocenters. The molecule has 1 heterocycles. The van der Waals surface area contributed by atoms with Gasteiger partial charge in [-0.05, 0) is 46.7 Å².